The first-order valence-electron chi connectivity index (χ1n) is 20.6. The van der Waals surface area contributed by atoms with E-state index in [9.17, 15) is 9.59 Å². The average molecular weight is 743 g/mol. The Labute approximate surface area is 319 Å². The minimum atomic E-state index is -0.210. The molecule has 8 unspecified atom stereocenters. The van der Waals surface area contributed by atoms with E-state index in [0.29, 0.717) is 18.5 Å². The number of allylic oxidation sites excluding steroid dienone is 1. The van der Waals surface area contributed by atoms with E-state index < -0.39 is 0 Å². The number of halogens is 2. The average Bonchev–Trinajstić information content (AvgIpc) is 3.42. The van der Waals surface area contributed by atoms with Crippen molar-refractivity contribution in [3.05, 3.63) is 11.6 Å². The van der Waals surface area contributed by atoms with Crippen LogP contribution in [0.5, 0.6) is 0 Å². The fraction of sp³-hybridized carbons (Fsp3) is 0.905. The van der Waals surface area contributed by atoms with Gasteiger partial charge >= 0.3 is 5.97 Å². The molecule has 0 spiro atoms. The molecule has 4 N–H and O–H groups in total. The summed E-state index contributed by atoms with van der Waals surface area (Å²) < 4.78 is 6.07. The maximum absolute atomic E-state index is 13.1. The maximum atomic E-state index is 13.1. The molecule has 0 aliphatic heterocycles. The van der Waals surface area contributed by atoms with Crippen molar-refractivity contribution in [3.63, 3.8) is 0 Å². The number of hydrogen-bond donors (Lipinski definition) is 2. The normalized spacial score (nSPS) is 30.6. The molecule has 0 aromatic carbocycles. The zero-order chi connectivity index (χ0) is 34.7. The monoisotopic (exact) mass is 742 g/mol. The number of unbranched alkanes of at least 4 members (excludes halogenated alkanes) is 5. The molecular formula is C42H77Cl2N3O3. The molecule has 0 aromatic rings. The standard InChI is InChI=1S/C42H75N3O3.2ClH/c1-31(2)14-12-15-32(3)36-18-19-37-35-17-16-33-30-34(22-24-41(33,4)38(35)23-25-42(36,37)5)48-40(47)21-20-39(46)45(29-13-27-44)28-11-9-7-6-8-10-26-43;;/h16,31-32,34-38H,6-15,17-30,43-44H2,1-5H3;2*1H. The van der Waals surface area contributed by atoms with Gasteiger partial charge in [-0.3, -0.25) is 9.59 Å². The molecule has 1 amide bonds. The number of nitrogens with zero attached hydrogens (tertiary/aromatic N) is 1. The van der Waals surface area contributed by atoms with E-state index in [1.54, 1.807) is 5.57 Å². The smallest absolute Gasteiger partial charge is 0.306 e. The predicted molar refractivity (Wildman–Crippen MR) is 214 cm³/mol. The summed E-state index contributed by atoms with van der Waals surface area (Å²) in [5, 5.41) is 0. The molecule has 0 saturated heterocycles. The van der Waals surface area contributed by atoms with E-state index in [4.69, 9.17) is 16.2 Å². The van der Waals surface area contributed by atoms with Gasteiger partial charge in [0.25, 0.3) is 0 Å². The first-order chi connectivity index (χ1) is 23.0. The van der Waals surface area contributed by atoms with E-state index in [1.165, 1.54) is 70.6 Å². The number of rotatable bonds is 20. The number of amides is 1. The quantitative estimate of drug-likeness (QED) is 0.0735. The highest BCUT2D eigenvalue weighted by Crippen LogP contribution is 2.67. The van der Waals surface area contributed by atoms with Crippen LogP contribution in [0.15, 0.2) is 11.6 Å². The van der Waals surface area contributed by atoms with Crippen molar-refractivity contribution in [1.29, 1.82) is 0 Å². The highest BCUT2D eigenvalue weighted by atomic mass is 35.5. The molecular weight excluding hydrogens is 665 g/mol. The second kappa shape index (κ2) is 21.8. The fourth-order valence-corrected chi connectivity index (χ4v) is 11.2. The lowest BCUT2D eigenvalue weighted by Gasteiger charge is -2.58. The Hall–Kier alpha value is -0.820. The molecule has 50 heavy (non-hydrogen) atoms. The Bertz CT molecular complexity index is 1060. The van der Waals surface area contributed by atoms with Crippen LogP contribution in [0.4, 0.5) is 0 Å². The van der Waals surface area contributed by atoms with E-state index in [0.717, 1.165) is 93.5 Å². The molecule has 0 bridgehead atoms. The van der Waals surface area contributed by atoms with Crippen LogP contribution in [0.2, 0.25) is 0 Å². The van der Waals surface area contributed by atoms with Gasteiger partial charge in [-0.2, -0.15) is 0 Å². The maximum Gasteiger partial charge on any atom is 0.306 e. The fourth-order valence-electron chi connectivity index (χ4n) is 11.2. The van der Waals surface area contributed by atoms with Crippen molar-refractivity contribution >= 4 is 36.7 Å². The van der Waals surface area contributed by atoms with Crippen molar-refractivity contribution in [3.8, 4) is 0 Å². The molecule has 0 radical (unpaired) electrons. The predicted octanol–water partition coefficient (Wildman–Crippen LogP) is 10.0. The summed E-state index contributed by atoms with van der Waals surface area (Å²) in [4.78, 5) is 28.0. The SMILES string of the molecule is CC(C)CCCC(C)C1CCC2C3CC=C4CC(OC(=O)CCC(=O)N(CCCN)CCCCCCCCN)CCC4(C)C3CCC12C.Cl.Cl. The Morgan fingerprint density at radius 3 is 2.20 bits per heavy atom. The molecule has 3 fully saturated rings. The zero-order valence-corrected chi connectivity index (χ0v) is 34.4. The summed E-state index contributed by atoms with van der Waals surface area (Å²) in [5.74, 6) is 4.84. The van der Waals surface area contributed by atoms with Gasteiger partial charge in [0.15, 0.2) is 0 Å². The zero-order valence-electron chi connectivity index (χ0n) is 32.7. The van der Waals surface area contributed by atoms with E-state index in [2.05, 4.69) is 40.7 Å². The van der Waals surface area contributed by atoms with Crippen LogP contribution in [0.3, 0.4) is 0 Å². The van der Waals surface area contributed by atoms with Crippen molar-refractivity contribution in [2.24, 2.45) is 57.8 Å². The van der Waals surface area contributed by atoms with Crippen LogP contribution in [0.1, 0.15) is 163 Å². The minimum Gasteiger partial charge on any atom is -0.462 e. The van der Waals surface area contributed by atoms with Crippen LogP contribution in [0, 0.1) is 46.3 Å². The third-order valence-electron chi connectivity index (χ3n) is 14.0. The summed E-state index contributed by atoms with van der Waals surface area (Å²) in [5.41, 5.74) is 13.7. The van der Waals surface area contributed by atoms with E-state index >= 15 is 0 Å². The van der Waals surface area contributed by atoms with Crippen LogP contribution >= 0.6 is 24.8 Å². The highest BCUT2D eigenvalue weighted by molar-refractivity contribution is 5.85. The van der Waals surface area contributed by atoms with Crippen LogP contribution in [-0.4, -0.2) is 49.1 Å². The van der Waals surface area contributed by atoms with Crippen molar-refractivity contribution in [2.45, 2.75) is 169 Å². The molecule has 6 nitrogen and oxygen atoms in total. The van der Waals surface area contributed by atoms with Gasteiger partial charge in [-0.15, -0.1) is 24.8 Å². The summed E-state index contributed by atoms with van der Waals surface area (Å²) >= 11 is 0. The highest BCUT2D eigenvalue weighted by Gasteiger charge is 2.59. The van der Waals surface area contributed by atoms with Gasteiger partial charge in [0.2, 0.25) is 5.91 Å². The molecule has 4 rings (SSSR count). The minimum absolute atomic E-state index is 0. The lowest BCUT2D eigenvalue weighted by molar-refractivity contribution is -0.153. The summed E-state index contributed by atoms with van der Waals surface area (Å²) in [6.45, 7) is 15.3. The first kappa shape index (κ1) is 45.3. The van der Waals surface area contributed by atoms with Gasteiger partial charge in [0.1, 0.15) is 6.10 Å². The Morgan fingerprint density at radius 2 is 1.50 bits per heavy atom. The van der Waals surface area contributed by atoms with Gasteiger partial charge in [-0.05, 0) is 124 Å². The molecule has 8 heteroatoms. The van der Waals surface area contributed by atoms with Gasteiger partial charge < -0.3 is 21.1 Å². The summed E-state index contributed by atoms with van der Waals surface area (Å²) in [7, 11) is 0. The van der Waals surface area contributed by atoms with Crippen LogP contribution in [-0.2, 0) is 14.3 Å². The lowest BCUT2D eigenvalue weighted by atomic mass is 9.47. The Kier molecular flexibility index (Phi) is 19.7. The topological polar surface area (TPSA) is 98.7 Å². The molecule has 0 heterocycles. The summed E-state index contributed by atoms with van der Waals surface area (Å²) in [6.07, 6.45) is 24.4. The molecule has 0 aromatic heterocycles. The number of esters is 1. The summed E-state index contributed by atoms with van der Waals surface area (Å²) in [6, 6.07) is 0. The number of ether oxygens (including phenoxy) is 1. The third kappa shape index (κ3) is 11.6. The molecule has 4 aliphatic rings. The van der Waals surface area contributed by atoms with Crippen LogP contribution < -0.4 is 11.5 Å². The third-order valence-corrected chi connectivity index (χ3v) is 14.0. The second-order valence-corrected chi connectivity index (χ2v) is 17.6. The van der Waals surface area contributed by atoms with Gasteiger partial charge in [-0.1, -0.05) is 91.2 Å². The van der Waals surface area contributed by atoms with Gasteiger partial charge in [0.05, 0.1) is 6.42 Å². The van der Waals surface area contributed by atoms with E-state index in [1.807, 2.05) is 4.90 Å². The Balaban J connectivity index is 0.00000433. The number of nitrogens with two attached hydrogens (primary N) is 2. The van der Waals surface area contributed by atoms with Crippen molar-refractivity contribution < 1.29 is 14.3 Å². The molecule has 4 aliphatic carbocycles. The Morgan fingerprint density at radius 1 is 0.820 bits per heavy atom. The van der Waals surface area contributed by atoms with Crippen molar-refractivity contribution in [2.75, 3.05) is 26.2 Å². The van der Waals surface area contributed by atoms with Gasteiger partial charge in [0, 0.05) is 25.9 Å². The molecule has 8 atom stereocenters. The molecule has 3 saturated carbocycles. The lowest BCUT2D eigenvalue weighted by Crippen LogP contribution is -2.51. The largest absolute Gasteiger partial charge is 0.462 e. The van der Waals surface area contributed by atoms with E-state index in [-0.39, 0.29) is 61.1 Å². The first-order valence-corrected chi connectivity index (χ1v) is 20.6. The second-order valence-electron chi connectivity index (χ2n) is 17.6. The number of fused-ring (bicyclic) bond motifs is 5. The number of hydrogen-bond acceptors (Lipinski definition) is 5. The number of carbonyl (C=O) groups excluding carboxylic acids is 2. The molecule has 292 valence electrons. The van der Waals surface area contributed by atoms with Crippen molar-refractivity contribution in [1.82, 2.24) is 4.90 Å². The number of carbonyl (C=O) groups is 2. The van der Waals surface area contributed by atoms with Crippen LogP contribution in [0.25, 0.3) is 0 Å². The van der Waals surface area contributed by atoms with Gasteiger partial charge in [-0.25, -0.2) is 0 Å².